The second kappa shape index (κ2) is 11.0. The van der Waals surface area contributed by atoms with Gasteiger partial charge in [0.15, 0.2) is 11.5 Å². The van der Waals surface area contributed by atoms with Crippen molar-refractivity contribution in [3.05, 3.63) is 89.5 Å². The molecule has 0 aromatic heterocycles. The molecule has 4 rings (SSSR count). The number of Topliss-reactive ketones (excluding diaryl/α,β-unsaturated/α-hetero) is 1. The Bertz CT molecular complexity index is 1790. The van der Waals surface area contributed by atoms with Crippen LogP contribution in [0.3, 0.4) is 0 Å². The van der Waals surface area contributed by atoms with Crippen LogP contribution in [0.4, 0.5) is 28.4 Å². The Labute approximate surface area is 231 Å². The molecule has 9 nitrogen and oxygen atoms in total. The minimum atomic E-state index is -1.14. The summed E-state index contributed by atoms with van der Waals surface area (Å²) in [7, 11) is 0. The molecule has 0 amide bonds. The van der Waals surface area contributed by atoms with Gasteiger partial charge >= 0.3 is 0 Å². The Balaban J connectivity index is 1.72. The number of benzene rings is 4. The van der Waals surface area contributed by atoms with E-state index >= 15 is 0 Å². The maximum absolute atomic E-state index is 12.5. The number of aromatic hydroxyl groups is 1. The predicted molar refractivity (Wildman–Crippen MR) is 155 cm³/mol. The standard InChI is InChI=1S/C31H25N7O2/c1-5-20-15-22-14-18(2)27(37-35-24-12-8-21(9-13-24)30(40)31(3,4)17-33)29(39)25(22)26(34)28(20)38-36-23-10-6-19(16-32)7-11-23/h5-15,39H,1,34H2,2-4H3. The molecule has 0 bridgehead atoms. The Morgan fingerprint density at radius 1 is 0.950 bits per heavy atom. The molecule has 4 aromatic rings. The number of phenols is 1. The Morgan fingerprint density at radius 2 is 1.52 bits per heavy atom. The summed E-state index contributed by atoms with van der Waals surface area (Å²) in [5, 5.41) is 47.5. The molecule has 0 saturated carbocycles. The van der Waals surface area contributed by atoms with E-state index in [1.165, 1.54) is 0 Å². The number of nitrogen functional groups attached to an aromatic ring is 1. The molecule has 196 valence electrons. The fraction of sp³-hybridized carbons (Fsp3) is 0.129. The highest BCUT2D eigenvalue weighted by molar-refractivity contribution is 6.07. The second-order valence-corrected chi connectivity index (χ2v) is 9.59. The molecule has 0 aliphatic carbocycles. The summed E-state index contributed by atoms with van der Waals surface area (Å²) < 4.78 is 0. The van der Waals surface area contributed by atoms with Crippen molar-refractivity contribution in [1.29, 1.82) is 10.5 Å². The first-order valence-corrected chi connectivity index (χ1v) is 12.2. The predicted octanol–water partition coefficient (Wildman–Crippen LogP) is 8.51. The molecule has 0 heterocycles. The van der Waals surface area contributed by atoms with Crippen molar-refractivity contribution in [2.75, 3.05) is 5.73 Å². The lowest BCUT2D eigenvalue weighted by molar-refractivity contribution is 0.0892. The van der Waals surface area contributed by atoms with Gasteiger partial charge in [-0.05, 0) is 92.4 Å². The molecule has 0 unspecified atom stereocenters. The number of rotatable bonds is 7. The Morgan fingerprint density at radius 3 is 2.08 bits per heavy atom. The van der Waals surface area contributed by atoms with Gasteiger partial charge in [0.25, 0.3) is 0 Å². The van der Waals surface area contributed by atoms with E-state index in [4.69, 9.17) is 11.0 Å². The average Bonchev–Trinajstić information content (AvgIpc) is 2.96. The number of hydrogen-bond donors (Lipinski definition) is 2. The summed E-state index contributed by atoms with van der Waals surface area (Å²) in [4.78, 5) is 12.5. The first kappa shape index (κ1) is 27.4. The number of nitrogens with two attached hydrogens (primary N) is 1. The highest BCUT2D eigenvalue weighted by Gasteiger charge is 2.28. The van der Waals surface area contributed by atoms with Crippen LogP contribution in [0.2, 0.25) is 0 Å². The van der Waals surface area contributed by atoms with Crippen molar-refractivity contribution < 1.29 is 9.90 Å². The van der Waals surface area contributed by atoms with Crippen molar-refractivity contribution in [3.8, 4) is 17.9 Å². The van der Waals surface area contributed by atoms with Crippen LogP contribution in [0.1, 0.15) is 40.9 Å². The van der Waals surface area contributed by atoms with Gasteiger partial charge in [-0.25, -0.2) is 0 Å². The number of aryl methyl sites for hydroxylation is 1. The molecule has 9 heteroatoms. The largest absolute Gasteiger partial charge is 0.505 e. The monoisotopic (exact) mass is 527 g/mol. The minimum Gasteiger partial charge on any atom is -0.505 e. The van der Waals surface area contributed by atoms with Crippen molar-refractivity contribution in [2.24, 2.45) is 25.9 Å². The van der Waals surface area contributed by atoms with Gasteiger partial charge in [-0.2, -0.15) is 20.8 Å². The lowest BCUT2D eigenvalue weighted by atomic mass is 9.86. The third-order valence-corrected chi connectivity index (χ3v) is 6.33. The lowest BCUT2D eigenvalue weighted by Gasteiger charge is -2.14. The van der Waals surface area contributed by atoms with Crippen molar-refractivity contribution >= 4 is 51.1 Å². The zero-order valence-corrected chi connectivity index (χ0v) is 22.2. The van der Waals surface area contributed by atoms with E-state index < -0.39 is 5.41 Å². The number of carbonyl (C=O) groups excluding carboxylic acids is 1. The zero-order chi connectivity index (χ0) is 29.0. The van der Waals surface area contributed by atoms with Crippen LogP contribution in [0.15, 0.2) is 87.7 Å². The molecular weight excluding hydrogens is 502 g/mol. The van der Waals surface area contributed by atoms with Crippen molar-refractivity contribution in [2.45, 2.75) is 20.8 Å². The van der Waals surface area contributed by atoms with Crippen LogP contribution in [0.5, 0.6) is 5.75 Å². The third-order valence-electron chi connectivity index (χ3n) is 6.33. The summed E-state index contributed by atoms with van der Waals surface area (Å²) in [6.07, 6.45) is 1.61. The van der Waals surface area contributed by atoms with E-state index in [9.17, 15) is 15.2 Å². The molecule has 0 saturated heterocycles. The van der Waals surface area contributed by atoms with Gasteiger partial charge in [0, 0.05) is 11.1 Å². The number of azo groups is 2. The minimum absolute atomic E-state index is 0.163. The highest BCUT2D eigenvalue weighted by atomic mass is 16.3. The maximum atomic E-state index is 12.5. The van der Waals surface area contributed by atoms with E-state index in [1.807, 2.05) is 12.1 Å². The summed E-state index contributed by atoms with van der Waals surface area (Å²) in [6.45, 7) is 8.78. The molecular formula is C31H25N7O2. The van der Waals surface area contributed by atoms with Crippen LogP contribution in [-0.2, 0) is 0 Å². The molecule has 40 heavy (non-hydrogen) atoms. The lowest BCUT2D eigenvalue weighted by Crippen LogP contribution is -2.21. The van der Waals surface area contributed by atoms with Gasteiger partial charge in [0.1, 0.15) is 16.8 Å². The Kier molecular flexibility index (Phi) is 7.51. The Hall–Kier alpha value is -5.67. The molecule has 0 aliphatic heterocycles. The van der Waals surface area contributed by atoms with Crippen molar-refractivity contribution in [1.82, 2.24) is 0 Å². The smallest absolute Gasteiger partial charge is 0.182 e. The van der Waals surface area contributed by atoms with Gasteiger partial charge in [-0.15, -0.1) is 10.2 Å². The molecule has 0 spiro atoms. The van der Waals surface area contributed by atoms with Crippen LogP contribution in [0, 0.1) is 35.0 Å². The normalized spacial score (nSPS) is 11.5. The molecule has 0 atom stereocenters. The molecule has 3 N–H and O–H groups in total. The molecule has 0 aliphatic rings. The molecule has 0 radical (unpaired) electrons. The zero-order valence-electron chi connectivity index (χ0n) is 22.2. The van der Waals surface area contributed by atoms with Gasteiger partial charge < -0.3 is 10.8 Å². The van der Waals surface area contributed by atoms with Gasteiger partial charge in [-0.1, -0.05) is 12.7 Å². The number of nitrogens with zero attached hydrogens (tertiary/aromatic N) is 6. The number of fused-ring (bicyclic) bond motifs is 1. The first-order valence-electron chi connectivity index (χ1n) is 12.2. The van der Waals surface area contributed by atoms with E-state index in [-0.39, 0.29) is 22.9 Å². The van der Waals surface area contributed by atoms with Gasteiger partial charge in [0.2, 0.25) is 0 Å². The fourth-order valence-corrected chi connectivity index (χ4v) is 4.02. The summed E-state index contributed by atoms with van der Waals surface area (Å²) >= 11 is 0. The topological polar surface area (TPSA) is 160 Å². The van der Waals surface area contributed by atoms with E-state index in [1.54, 1.807) is 81.4 Å². The van der Waals surface area contributed by atoms with Crippen LogP contribution < -0.4 is 5.73 Å². The van der Waals surface area contributed by atoms with Gasteiger partial charge in [-0.3, -0.25) is 4.79 Å². The summed E-state index contributed by atoms with van der Waals surface area (Å²) in [6, 6.07) is 20.7. The number of ketones is 1. The molecule has 4 aromatic carbocycles. The number of nitriles is 2. The number of anilines is 1. The van der Waals surface area contributed by atoms with E-state index in [0.29, 0.717) is 50.1 Å². The van der Waals surface area contributed by atoms with Crippen LogP contribution in [-0.4, -0.2) is 10.9 Å². The quantitative estimate of drug-likeness (QED) is 0.140. The van der Waals surface area contributed by atoms with E-state index in [0.717, 1.165) is 0 Å². The average molecular weight is 528 g/mol. The summed E-state index contributed by atoms with van der Waals surface area (Å²) in [5.41, 5.74) is 9.28. The van der Waals surface area contributed by atoms with E-state index in [2.05, 4.69) is 33.1 Å². The fourth-order valence-electron chi connectivity index (χ4n) is 4.02. The third kappa shape index (κ3) is 5.31. The second-order valence-electron chi connectivity index (χ2n) is 9.59. The first-order chi connectivity index (χ1) is 19.1. The summed E-state index contributed by atoms with van der Waals surface area (Å²) in [5.74, 6) is -0.452. The number of phenolic OH excluding ortho intramolecular Hbond substituents is 1. The van der Waals surface area contributed by atoms with Crippen LogP contribution in [0.25, 0.3) is 16.8 Å². The van der Waals surface area contributed by atoms with Crippen molar-refractivity contribution in [3.63, 3.8) is 0 Å². The molecule has 0 fully saturated rings. The van der Waals surface area contributed by atoms with Crippen LogP contribution >= 0.6 is 0 Å². The maximum Gasteiger partial charge on any atom is 0.182 e. The highest BCUT2D eigenvalue weighted by Crippen LogP contribution is 2.46. The van der Waals surface area contributed by atoms with Gasteiger partial charge in [0.05, 0.1) is 40.2 Å². The SMILES string of the molecule is C=Cc1cc2cc(C)c(N=Nc3ccc(C(=O)C(C)(C)C#N)cc3)c(O)c2c(N)c1N=Nc1ccc(C#N)cc1. The number of carbonyl (C=O) groups is 1. The number of hydrogen-bond acceptors (Lipinski definition) is 9.